The predicted molar refractivity (Wildman–Crippen MR) is 106 cm³/mol. The van der Waals surface area contributed by atoms with Gasteiger partial charge in [-0.25, -0.2) is 4.68 Å². The number of benzene rings is 1. The number of nitrogens with zero attached hydrogens (tertiary/aromatic N) is 4. The van der Waals surface area contributed by atoms with Crippen LogP contribution in [-0.4, -0.2) is 80.7 Å². The molecule has 1 spiro atoms. The molecule has 3 saturated heterocycles. The van der Waals surface area contributed by atoms with Crippen LogP contribution >= 0.6 is 0 Å². The zero-order valence-corrected chi connectivity index (χ0v) is 17.0. The van der Waals surface area contributed by atoms with Crippen molar-refractivity contribution in [2.45, 2.75) is 37.3 Å². The molecular formula is C20H24N6O5. The molecule has 164 valence electrons. The van der Waals surface area contributed by atoms with Crippen LogP contribution in [0, 0.1) is 11.8 Å². The lowest BCUT2D eigenvalue weighted by Gasteiger charge is -2.33. The summed E-state index contributed by atoms with van der Waals surface area (Å²) >= 11 is 0. The second kappa shape index (κ2) is 7.27. The van der Waals surface area contributed by atoms with E-state index in [9.17, 15) is 19.5 Å². The number of aromatic nitrogens is 3. The second-order valence-corrected chi connectivity index (χ2v) is 8.20. The molecule has 4 heterocycles. The van der Waals surface area contributed by atoms with Crippen molar-refractivity contribution in [1.82, 2.24) is 30.5 Å². The topological polar surface area (TPSA) is 139 Å². The number of hydrogen-bond acceptors (Lipinski definition) is 7. The summed E-state index contributed by atoms with van der Waals surface area (Å²) in [5, 5.41) is 23.1. The molecule has 5 rings (SSSR count). The predicted octanol–water partition coefficient (Wildman–Crippen LogP) is -1.38. The Morgan fingerprint density at radius 2 is 2.13 bits per heavy atom. The SMILES string of the molecule is CNC(=O)[C@@H]1[C@@H]2CCC3(O2)C(C(=O)NCn2nnc4ccccc42)N(CCO)C(=O)[C@H]13. The minimum absolute atomic E-state index is 0.00405. The number of ether oxygens (including phenoxy) is 1. The fraction of sp³-hybridized carbons (Fsp3) is 0.550. The number of rotatable bonds is 6. The number of hydrogen-bond donors (Lipinski definition) is 3. The van der Waals surface area contributed by atoms with Crippen LogP contribution in [0.15, 0.2) is 24.3 Å². The zero-order chi connectivity index (χ0) is 21.8. The number of fused-ring (bicyclic) bond motifs is 2. The standard InChI is InChI=1S/C20H24N6O5/c1-21-17(28)14-13-6-7-20(31-13)15(14)19(30)25(8-9-27)16(20)18(29)22-10-26-12-5-3-2-4-11(12)23-24-26/h2-5,13-16,27H,6-10H2,1H3,(H,21,28)(H,22,29)/t13-,14+,15-,16?,20?/m0/s1. The highest BCUT2D eigenvalue weighted by atomic mass is 16.5. The molecule has 3 aliphatic rings. The van der Waals surface area contributed by atoms with Crippen LogP contribution < -0.4 is 10.6 Å². The Bertz CT molecular complexity index is 1060. The lowest BCUT2D eigenvalue weighted by atomic mass is 9.70. The molecule has 2 unspecified atom stereocenters. The smallest absolute Gasteiger partial charge is 0.247 e. The molecule has 3 N–H and O–H groups in total. The number of likely N-dealkylation sites (tertiary alicyclic amines) is 1. The molecule has 0 radical (unpaired) electrons. The van der Waals surface area contributed by atoms with E-state index in [2.05, 4.69) is 20.9 Å². The first-order valence-corrected chi connectivity index (χ1v) is 10.4. The van der Waals surface area contributed by atoms with Crippen molar-refractivity contribution >= 4 is 28.8 Å². The normalized spacial score (nSPS) is 31.3. The fourth-order valence-electron chi connectivity index (χ4n) is 5.55. The van der Waals surface area contributed by atoms with E-state index < -0.39 is 29.4 Å². The van der Waals surface area contributed by atoms with Crippen molar-refractivity contribution in [3.8, 4) is 0 Å². The number of amides is 3. The lowest BCUT2D eigenvalue weighted by molar-refractivity contribution is -0.142. The third-order valence-corrected chi connectivity index (χ3v) is 6.76. The molecule has 3 fully saturated rings. The Hall–Kier alpha value is -3.05. The van der Waals surface area contributed by atoms with E-state index in [1.165, 1.54) is 11.9 Å². The van der Waals surface area contributed by atoms with Gasteiger partial charge < -0.3 is 25.4 Å². The van der Waals surface area contributed by atoms with Gasteiger partial charge in [0.2, 0.25) is 17.7 Å². The lowest BCUT2D eigenvalue weighted by Crippen LogP contribution is -2.55. The maximum atomic E-state index is 13.4. The molecule has 1 aromatic carbocycles. The first-order chi connectivity index (χ1) is 15.0. The van der Waals surface area contributed by atoms with Crippen LogP contribution in [-0.2, 0) is 25.8 Å². The van der Waals surface area contributed by atoms with E-state index in [-0.39, 0.29) is 37.7 Å². The van der Waals surface area contributed by atoms with Gasteiger partial charge in [0.15, 0.2) is 0 Å². The third-order valence-electron chi connectivity index (χ3n) is 6.76. The fourth-order valence-corrected chi connectivity index (χ4v) is 5.55. The van der Waals surface area contributed by atoms with Crippen LogP contribution in [0.3, 0.4) is 0 Å². The molecule has 0 aliphatic carbocycles. The van der Waals surface area contributed by atoms with Gasteiger partial charge in [0.25, 0.3) is 0 Å². The highest BCUT2D eigenvalue weighted by Crippen LogP contribution is 2.58. The minimum atomic E-state index is -1.07. The molecule has 2 bridgehead atoms. The highest BCUT2D eigenvalue weighted by Gasteiger charge is 2.74. The van der Waals surface area contributed by atoms with E-state index in [1.807, 2.05) is 24.3 Å². The van der Waals surface area contributed by atoms with Crippen LogP contribution in [0.4, 0.5) is 0 Å². The summed E-state index contributed by atoms with van der Waals surface area (Å²) in [6.45, 7) is -0.226. The number of carbonyl (C=O) groups excluding carboxylic acids is 3. The van der Waals surface area contributed by atoms with Gasteiger partial charge in [-0.05, 0) is 25.0 Å². The first kappa shape index (κ1) is 19.9. The Morgan fingerprint density at radius 1 is 1.32 bits per heavy atom. The quantitative estimate of drug-likeness (QED) is 0.515. The number of carbonyl (C=O) groups is 3. The van der Waals surface area contributed by atoms with E-state index in [0.717, 1.165) is 5.52 Å². The summed E-state index contributed by atoms with van der Waals surface area (Å²) in [6.07, 6.45) is 0.722. The van der Waals surface area contributed by atoms with E-state index in [1.54, 1.807) is 4.68 Å². The van der Waals surface area contributed by atoms with Gasteiger partial charge in [-0.1, -0.05) is 17.3 Å². The Morgan fingerprint density at radius 3 is 2.90 bits per heavy atom. The van der Waals surface area contributed by atoms with Gasteiger partial charge in [0.05, 0.1) is 30.1 Å². The summed E-state index contributed by atoms with van der Waals surface area (Å²) in [7, 11) is 1.53. The summed E-state index contributed by atoms with van der Waals surface area (Å²) in [6, 6.07) is 6.46. The van der Waals surface area contributed by atoms with Crippen LogP contribution in [0.2, 0.25) is 0 Å². The van der Waals surface area contributed by atoms with Gasteiger partial charge in [0, 0.05) is 13.6 Å². The molecule has 3 amide bonds. The molecular weight excluding hydrogens is 404 g/mol. The molecule has 31 heavy (non-hydrogen) atoms. The Kier molecular flexibility index (Phi) is 4.67. The highest BCUT2D eigenvalue weighted by molar-refractivity contribution is 5.98. The largest absolute Gasteiger partial charge is 0.395 e. The maximum Gasteiger partial charge on any atom is 0.247 e. The Balaban J connectivity index is 1.43. The first-order valence-electron chi connectivity index (χ1n) is 10.4. The number of aliphatic hydroxyl groups is 1. The van der Waals surface area contributed by atoms with Crippen molar-refractivity contribution in [3.63, 3.8) is 0 Å². The van der Waals surface area contributed by atoms with Gasteiger partial charge in [-0.3, -0.25) is 14.4 Å². The van der Waals surface area contributed by atoms with Gasteiger partial charge >= 0.3 is 0 Å². The average Bonchev–Trinajstić information content (AvgIpc) is 3.52. The molecule has 0 saturated carbocycles. The molecule has 2 aromatic rings. The average molecular weight is 428 g/mol. The molecule has 5 atom stereocenters. The summed E-state index contributed by atoms with van der Waals surface area (Å²) < 4.78 is 7.77. The van der Waals surface area contributed by atoms with Crippen LogP contribution in [0.1, 0.15) is 12.8 Å². The zero-order valence-electron chi connectivity index (χ0n) is 17.0. The van der Waals surface area contributed by atoms with Gasteiger partial charge in [-0.2, -0.15) is 0 Å². The molecule has 11 heteroatoms. The van der Waals surface area contributed by atoms with Crippen molar-refractivity contribution in [2.75, 3.05) is 20.2 Å². The molecule has 3 aliphatic heterocycles. The number of nitrogens with one attached hydrogen (secondary N) is 2. The number of β-amino-alcohol motifs (C(OH)–C–C–N with tert-alkyl or cyclic N) is 1. The molecule has 1 aromatic heterocycles. The summed E-state index contributed by atoms with van der Waals surface area (Å²) in [4.78, 5) is 40.5. The van der Waals surface area contributed by atoms with Crippen molar-refractivity contribution < 1.29 is 24.2 Å². The van der Waals surface area contributed by atoms with Gasteiger partial charge in [-0.15, -0.1) is 5.10 Å². The van der Waals surface area contributed by atoms with Gasteiger partial charge in [0.1, 0.15) is 23.8 Å². The maximum absolute atomic E-state index is 13.4. The molecule has 11 nitrogen and oxygen atoms in total. The second-order valence-electron chi connectivity index (χ2n) is 8.20. The third kappa shape index (κ3) is 2.76. The monoisotopic (exact) mass is 428 g/mol. The van der Waals surface area contributed by atoms with E-state index in [0.29, 0.717) is 18.4 Å². The summed E-state index contributed by atoms with van der Waals surface area (Å²) in [5.74, 6) is -2.35. The Labute approximate surface area is 177 Å². The summed E-state index contributed by atoms with van der Waals surface area (Å²) in [5.41, 5.74) is 0.411. The van der Waals surface area contributed by atoms with Crippen molar-refractivity contribution in [1.29, 1.82) is 0 Å². The van der Waals surface area contributed by atoms with Crippen LogP contribution in [0.25, 0.3) is 11.0 Å². The number of para-hydroxylation sites is 1. The minimum Gasteiger partial charge on any atom is -0.395 e. The van der Waals surface area contributed by atoms with E-state index in [4.69, 9.17) is 4.74 Å². The number of aliphatic hydroxyl groups excluding tert-OH is 1. The van der Waals surface area contributed by atoms with Crippen molar-refractivity contribution in [2.24, 2.45) is 11.8 Å². The van der Waals surface area contributed by atoms with Crippen LogP contribution in [0.5, 0.6) is 0 Å². The van der Waals surface area contributed by atoms with E-state index >= 15 is 0 Å². The van der Waals surface area contributed by atoms with Crippen molar-refractivity contribution in [3.05, 3.63) is 24.3 Å².